The standard InChI is InChI=1S/C13H14N2O3/c1-16-10-4-6-11(7-5-10)17-8-12-14-13(15-18-12)9-2-3-9/h4-7,9H,2-3,8H2,1H3. The Balaban J connectivity index is 1.58. The highest BCUT2D eigenvalue weighted by atomic mass is 16.5. The van der Waals surface area contributed by atoms with Gasteiger partial charge in [0.1, 0.15) is 11.5 Å². The molecular formula is C13H14N2O3. The van der Waals surface area contributed by atoms with E-state index in [-0.39, 0.29) is 0 Å². The van der Waals surface area contributed by atoms with Crippen LogP contribution in [0.4, 0.5) is 0 Å². The molecule has 1 aromatic heterocycles. The van der Waals surface area contributed by atoms with Gasteiger partial charge in [-0.15, -0.1) is 0 Å². The summed E-state index contributed by atoms with van der Waals surface area (Å²) in [5.41, 5.74) is 0. The van der Waals surface area contributed by atoms with E-state index in [9.17, 15) is 0 Å². The lowest BCUT2D eigenvalue weighted by Crippen LogP contribution is -1.96. The zero-order valence-electron chi connectivity index (χ0n) is 10.1. The first-order valence-corrected chi connectivity index (χ1v) is 5.94. The van der Waals surface area contributed by atoms with Gasteiger partial charge >= 0.3 is 0 Å². The SMILES string of the molecule is COc1ccc(OCc2nc(C3CC3)no2)cc1. The Bertz CT molecular complexity index is 517. The summed E-state index contributed by atoms with van der Waals surface area (Å²) < 4.78 is 15.7. The van der Waals surface area contributed by atoms with Crippen molar-refractivity contribution >= 4 is 0 Å². The van der Waals surface area contributed by atoms with Crippen molar-refractivity contribution in [3.63, 3.8) is 0 Å². The second kappa shape index (κ2) is 4.68. The number of rotatable bonds is 5. The maximum atomic E-state index is 5.55. The average Bonchev–Trinajstić information content (AvgIpc) is 3.16. The van der Waals surface area contributed by atoms with E-state index < -0.39 is 0 Å². The monoisotopic (exact) mass is 246 g/mol. The van der Waals surface area contributed by atoms with Crippen LogP contribution in [0.3, 0.4) is 0 Å². The third kappa shape index (κ3) is 2.45. The van der Waals surface area contributed by atoms with E-state index in [1.807, 2.05) is 24.3 Å². The summed E-state index contributed by atoms with van der Waals surface area (Å²) in [5.74, 6) is 3.39. The van der Waals surface area contributed by atoms with Crippen molar-refractivity contribution in [1.29, 1.82) is 0 Å². The molecule has 1 heterocycles. The highest BCUT2D eigenvalue weighted by Gasteiger charge is 2.28. The molecule has 5 nitrogen and oxygen atoms in total. The van der Waals surface area contributed by atoms with Gasteiger partial charge in [-0.2, -0.15) is 4.98 Å². The molecule has 18 heavy (non-hydrogen) atoms. The lowest BCUT2D eigenvalue weighted by Gasteiger charge is -2.04. The molecule has 1 aromatic carbocycles. The molecule has 1 fully saturated rings. The molecule has 0 spiro atoms. The van der Waals surface area contributed by atoms with Crippen LogP contribution in [0.15, 0.2) is 28.8 Å². The lowest BCUT2D eigenvalue weighted by molar-refractivity contribution is 0.242. The topological polar surface area (TPSA) is 57.4 Å². The van der Waals surface area contributed by atoms with Crippen LogP contribution in [0.25, 0.3) is 0 Å². The van der Waals surface area contributed by atoms with Crippen molar-refractivity contribution in [2.45, 2.75) is 25.4 Å². The Morgan fingerprint density at radius 1 is 1.22 bits per heavy atom. The predicted molar refractivity (Wildman–Crippen MR) is 63.6 cm³/mol. The number of ether oxygens (including phenoxy) is 2. The molecule has 0 N–H and O–H groups in total. The lowest BCUT2D eigenvalue weighted by atomic mass is 10.3. The fourth-order valence-corrected chi connectivity index (χ4v) is 1.65. The molecule has 1 aliphatic carbocycles. The van der Waals surface area contributed by atoms with Gasteiger partial charge in [0.05, 0.1) is 7.11 Å². The molecule has 1 saturated carbocycles. The quantitative estimate of drug-likeness (QED) is 0.811. The fourth-order valence-electron chi connectivity index (χ4n) is 1.65. The largest absolute Gasteiger partial charge is 0.497 e. The van der Waals surface area contributed by atoms with E-state index in [1.54, 1.807) is 7.11 Å². The minimum atomic E-state index is 0.298. The van der Waals surface area contributed by atoms with E-state index in [0.29, 0.717) is 18.4 Å². The van der Waals surface area contributed by atoms with E-state index in [2.05, 4.69) is 10.1 Å². The van der Waals surface area contributed by atoms with Crippen molar-refractivity contribution in [3.05, 3.63) is 36.0 Å². The van der Waals surface area contributed by atoms with Crippen molar-refractivity contribution in [2.75, 3.05) is 7.11 Å². The van der Waals surface area contributed by atoms with Crippen LogP contribution in [0.1, 0.15) is 30.5 Å². The van der Waals surface area contributed by atoms with Crippen LogP contribution >= 0.6 is 0 Å². The molecule has 0 bridgehead atoms. The Hall–Kier alpha value is -2.04. The summed E-state index contributed by atoms with van der Waals surface area (Å²) in [6.07, 6.45) is 2.33. The van der Waals surface area contributed by atoms with Crippen molar-refractivity contribution in [1.82, 2.24) is 10.1 Å². The molecule has 0 unspecified atom stereocenters. The minimum Gasteiger partial charge on any atom is -0.497 e. The summed E-state index contributed by atoms with van der Waals surface area (Å²) in [7, 11) is 1.63. The zero-order valence-corrected chi connectivity index (χ0v) is 10.1. The van der Waals surface area contributed by atoms with Crippen LogP contribution in [0.5, 0.6) is 11.5 Å². The summed E-state index contributed by atoms with van der Waals surface area (Å²) in [6.45, 7) is 0.298. The van der Waals surface area contributed by atoms with Gasteiger partial charge < -0.3 is 14.0 Å². The number of methoxy groups -OCH3 is 1. The summed E-state index contributed by atoms with van der Waals surface area (Å²) >= 11 is 0. The molecule has 1 aliphatic rings. The van der Waals surface area contributed by atoms with Gasteiger partial charge in [0, 0.05) is 5.92 Å². The maximum Gasteiger partial charge on any atom is 0.264 e. The third-order valence-corrected chi connectivity index (χ3v) is 2.85. The minimum absolute atomic E-state index is 0.298. The van der Waals surface area contributed by atoms with Gasteiger partial charge in [-0.3, -0.25) is 0 Å². The average molecular weight is 246 g/mol. The van der Waals surface area contributed by atoms with Crippen LogP contribution in [0, 0.1) is 0 Å². The molecule has 0 saturated heterocycles. The van der Waals surface area contributed by atoms with Crippen LogP contribution in [-0.4, -0.2) is 17.3 Å². The van der Waals surface area contributed by atoms with E-state index in [0.717, 1.165) is 30.2 Å². The summed E-state index contributed by atoms with van der Waals surface area (Å²) in [5, 5.41) is 3.93. The maximum absolute atomic E-state index is 5.55. The van der Waals surface area contributed by atoms with Crippen molar-refractivity contribution in [3.8, 4) is 11.5 Å². The second-order valence-corrected chi connectivity index (χ2v) is 4.28. The first-order chi connectivity index (χ1) is 8.85. The van der Waals surface area contributed by atoms with Crippen LogP contribution < -0.4 is 9.47 Å². The van der Waals surface area contributed by atoms with Gasteiger partial charge in [0.15, 0.2) is 12.4 Å². The summed E-state index contributed by atoms with van der Waals surface area (Å²) in [6, 6.07) is 7.38. The van der Waals surface area contributed by atoms with Gasteiger partial charge in [0.25, 0.3) is 5.89 Å². The second-order valence-electron chi connectivity index (χ2n) is 4.28. The zero-order chi connectivity index (χ0) is 12.4. The molecule has 94 valence electrons. The van der Waals surface area contributed by atoms with Gasteiger partial charge in [-0.25, -0.2) is 0 Å². The highest BCUT2D eigenvalue weighted by Crippen LogP contribution is 2.38. The van der Waals surface area contributed by atoms with Gasteiger partial charge in [-0.1, -0.05) is 5.16 Å². The number of aromatic nitrogens is 2. The predicted octanol–water partition coefficient (Wildman–Crippen LogP) is 2.53. The Labute approximate surface area is 105 Å². The smallest absolute Gasteiger partial charge is 0.264 e. The third-order valence-electron chi connectivity index (χ3n) is 2.85. The van der Waals surface area contributed by atoms with Crippen molar-refractivity contribution in [2.24, 2.45) is 0 Å². The number of nitrogens with zero attached hydrogens (tertiary/aromatic N) is 2. The number of benzene rings is 1. The first-order valence-electron chi connectivity index (χ1n) is 5.94. The number of hydrogen-bond acceptors (Lipinski definition) is 5. The molecule has 5 heteroatoms. The molecule has 0 amide bonds. The Morgan fingerprint density at radius 2 is 1.94 bits per heavy atom. The van der Waals surface area contributed by atoms with E-state index in [4.69, 9.17) is 14.0 Å². The molecular weight excluding hydrogens is 232 g/mol. The first kappa shape index (κ1) is 11.1. The molecule has 2 aromatic rings. The van der Waals surface area contributed by atoms with Crippen LogP contribution in [0.2, 0.25) is 0 Å². The van der Waals surface area contributed by atoms with E-state index in [1.165, 1.54) is 0 Å². The van der Waals surface area contributed by atoms with Crippen molar-refractivity contribution < 1.29 is 14.0 Å². The molecule has 3 rings (SSSR count). The summed E-state index contributed by atoms with van der Waals surface area (Å²) in [4.78, 5) is 4.29. The normalized spacial score (nSPS) is 14.5. The molecule has 0 atom stereocenters. The van der Waals surface area contributed by atoms with Gasteiger partial charge in [-0.05, 0) is 37.1 Å². The Kier molecular flexibility index (Phi) is 2.88. The highest BCUT2D eigenvalue weighted by molar-refractivity contribution is 5.31. The van der Waals surface area contributed by atoms with E-state index >= 15 is 0 Å². The number of hydrogen-bond donors (Lipinski definition) is 0. The molecule has 0 radical (unpaired) electrons. The molecule has 0 aliphatic heterocycles. The fraction of sp³-hybridized carbons (Fsp3) is 0.385. The van der Waals surface area contributed by atoms with Gasteiger partial charge in [0.2, 0.25) is 0 Å². The van der Waals surface area contributed by atoms with Crippen LogP contribution in [-0.2, 0) is 6.61 Å². The Morgan fingerprint density at radius 3 is 2.61 bits per heavy atom.